The molecule has 4 rings (SSSR count). The first-order chi connectivity index (χ1) is 16.8. The summed E-state index contributed by atoms with van der Waals surface area (Å²) < 4.78 is 19.5. The molecule has 4 N–H and O–H groups in total. The van der Waals surface area contributed by atoms with Crippen LogP contribution in [-0.2, 0) is 16.0 Å². The van der Waals surface area contributed by atoms with E-state index >= 15 is 0 Å². The summed E-state index contributed by atoms with van der Waals surface area (Å²) in [6.07, 6.45) is -4.01. The van der Waals surface area contributed by atoms with E-state index in [1.54, 1.807) is 0 Å². The molecule has 35 heavy (non-hydrogen) atoms. The van der Waals surface area contributed by atoms with E-state index in [-0.39, 0.29) is 37.5 Å². The standard InChI is InChI=1S/C27H26FNO6/c28-23-10-9-16(14-25(31)32)13-21(23)26(33)24(30)11-12-29-27(34)35-15-22-19-7-3-1-5-17(19)18-6-2-4-8-20(18)22/h1-10,13,22,24,26,30,33H,11-12,14-15H2,(H,29,34)(H,31,32). The third kappa shape index (κ3) is 5.50. The summed E-state index contributed by atoms with van der Waals surface area (Å²) in [6, 6.07) is 19.5. The summed E-state index contributed by atoms with van der Waals surface area (Å²) in [6.45, 7) is 0.137. The monoisotopic (exact) mass is 479 g/mol. The number of fused-ring (bicyclic) bond motifs is 3. The van der Waals surface area contributed by atoms with Crippen molar-refractivity contribution in [3.05, 3.63) is 94.8 Å². The molecule has 182 valence electrons. The lowest BCUT2D eigenvalue weighted by molar-refractivity contribution is -0.136. The molecule has 1 amide bonds. The van der Waals surface area contributed by atoms with Crippen LogP contribution in [0.1, 0.15) is 40.7 Å². The summed E-state index contributed by atoms with van der Waals surface area (Å²) in [5.41, 5.74) is 4.52. The van der Waals surface area contributed by atoms with Crippen molar-refractivity contribution in [2.24, 2.45) is 0 Å². The van der Waals surface area contributed by atoms with Gasteiger partial charge in [-0.3, -0.25) is 4.79 Å². The highest BCUT2D eigenvalue weighted by Gasteiger charge is 2.29. The van der Waals surface area contributed by atoms with Gasteiger partial charge in [0.1, 0.15) is 18.5 Å². The summed E-state index contributed by atoms with van der Waals surface area (Å²) in [4.78, 5) is 23.1. The number of alkyl carbamates (subject to hydrolysis) is 1. The predicted molar refractivity (Wildman–Crippen MR) is 126 cm³/mol. The van der Waals surface area contributed by atoms with Gasteiger partial charge in [-0.25, -0.2) is 9.18 Å². The number of carboxylic acids is 1. The van der Waals surface area contributed by atoms with Gasteiger partial charge >= 0.3 is 12.1 Å². The number of rotatable bonds is 9. The lowest BCUT2D eigenvalue weighted by Gasteiger charge is -2.20. The third-order valence-electron chi connectivity index (χ3n) is 6.15. The minimum Gasteiger partial charge on any atom is -0.481 e. The molecule has 0 fully saturated rings. The van der Waals surface area contributed by atoms with E-state index in [4.69, 9.17) is 9.84 Å². The highest BCUT2D eigenvalue weighted by molar-refractivity contribution is 5.79. The van der Waals surface area contributed by atoms with Crippen LogP contribution in [0.4, 0.5) is 9.18 Å². The Labute approximate surface area is 201 Å². The van der Waals surface area contributed by atoms with Crippen molar-refractivity contribution in [1.82, 2.24) is 5.32 Å². The number of aliphatic carboxylic acids is 1. The number of hydrogen-bond acceptors (Lipinski definition) is 5. The zero-order chi connectivity index (χ0) is 24.9. The van der Waals surface area contributed by atoms with E-state index in [1.165, 1.54) is 12.1 Å². The number of carbonyl (C=O) groups is 2. The molecule has 0 aromatic heterocycles. The summed E-state index contributed by atoms with van der Waals surface area (Å²) in [5.74, 6) is -1.93. The van der Waals surface area contributed by atoms with Gasteiger partial charge in [0.05, 0.1) is 12.5 Å². The molecular weight excluding hydrogens is 453 g/mol. The van der Waals surface area contributed by atoms with Crippen molar-refractivity contribution in [3.8, 4) is 11.1 Å². The van der Waals surface area contributed by atoms with Crippen molar-refractivity contribution >= 4 is 12.1 Å². The molecule has 0 spiro atoms. The Bertz CT molecular complexity index is 1180. The maximum atomic E-state index is 14.1. The molecule has 7 nitrogen and oxygen atoms in total. The molecule has 0 radical (unpaired) electrons. The SMILES string of the molecule is O=C(O)Cc1ccc(F)c(C(O)C(O)CCNC(=O)OCC2c3ccccc3-c3ccccc32)c1. The highest BCUT2D eigenvalue weighted by Crippen LogP contribution is 2.44. The van der Waals surface area contributed by atoms with Crippen LogP contribution >= 0.6 is 0 Å². The van der Waals surface area contributed by atoms with Crippen molar-refractivity contribution in [2.75, 3.05) is 13.2 Å². The maximum Gasteiger partial charge on any atom is 0.407 e. The van der Waals surface area contributed by atoms with Gasteiger partial charge in [0.15, 0.2) is 0 Å². The topological polar surface area (TPSA) is 116 Å². The largest absolute Gasteiger partial charge is 0.481 e. The number of nitrogens with one attached hydrogen (secondary N) is 1. The molecule has 1 aliphatic carbocycles. The number of aliphatic hydroxyl groups is 2. The van der Waals surface area contributed by atoms with Gasteiger partial charge in [0, 0.05) is 18.0 Å². The molecule has 0 saturated heterocycles. The van der Waals surface area contributed by atoms with Crippen molar-refractivity contribution < 1.29 is 34.0 Å². The Morgan fingerprint density at radius 3 is 2.23 bits per heavy atom. The third-order valence-corrected chi connectivity index (χ3v) is 6.15. The first kappa shape index (κ1) is 24.4. The second-order valence-electron chi connectivity index (χ2n) is 8.48. The number of carbonyl (C=O) groups excluding carboxylic acids is 1. The Morgan fingerprint density at radius 2 is 1.60 bits per heavy atom. The second-order valence-corrected chi connectivity index (χ2v) is 8.48. The number of aliphatic hydroxyl groups excluding tert-OH is 2. The van der Waals surface area contributed by atoms with E-state index in [1.807, 2.05) is 48.5 Å². The van der Waals surface area contributed by atoms with Crippen LogP contribution < -0.4 is 5.32 Å². The van der Waals surface area contributed by atoms with E-state index in [0.29, 0.717) is 5.56 Å². The molecule has 3 aromatic rings. The highest BCUT2D eigenvalue weighted by atomic mass is 19.1. The molecule has 8 heteroatoms. The molecule has 0 heterocycles. The number of ether oxygens (including phenoxy) is 1. The minimum absolute atomic E-state index is 0.00859. The summed E-state index contributed by atoms with van der Waals surface area (Å²) in [7, 11) is 0. The van der Waals surface area contributed by atoms with Crippen LogP contribution in [0.25, 0.3) is 11.1 Å². The second kappa shape index (κ2) is 10.7. The number of halogens is 1. The summed E-state index contributed by atoms with van der Waals surface area (Å²) >= 11 is 0. The fourth-order valence-electron chi connectivity index (χ4n) is 4.44. The number of carboxylic acid groups (broad SMARTS) is 1. The number of hydrogen-bond donors (Lipinski definition) is 4. The average molecular weight is 480 g/mol. The molecule has 2 unspecified atom stereocenters. The maximum absolute atomic E-state index is 14.1. The Balaban J connectivity index is 1.29. The van der Waals surface area contributed by atoms with Crippen molar-refractivity contribution in [2.45, 2.75) is 31.0 Å². The van der Waals surface area contributed by atoms with Crippen LogP contribution in [0.15, 0.2) is 66.7 Å². The molecule has 0 bridgehead atoms. The number of benzene rings is 3. The molecular formula is C27H26FNO6. The van der Waals surface area contributed by atoms with Gasteiger partial charge in [0.25, 0.3) is 0 Å². The van der Waals surface area contributed by atoms with Gasteiger partial charge in [0.2, 0.25) is 0 Å². The Hall–Kier alpha value is -3.75. The Kier molecular flexibility index (Phi) is 7.43. The van der Waals surface area contributed by atoms with Crippen LogP contribution in [-0.4, -0.2) is 46.6 Å². The lowest BCUT2D eigenvalue weighted by Crippen LogP contribution is -2.31. The van der Waals surface area contributed by atoms with E-state index in [0.717, 1.165) is 28.3 Å². The molecule has 0 aliphatic heterocycles. The number of amides is 1. The fraction of sp³-hybridized carbons (Fsp3) is 0.259. The first-order valence-electron chi connectivity index (χ1n) is 11.3. The van der Waals surface area contributed by atoms with Gasteiger partial charge in [-0.05, 0) is 46.4 Å². The van der Waals surface area contributed by atoms with Gasteiger partial charge < -0.3 is 25.4 Å². The van der Waals surface area contributed by atoms with Crippen LogP contribution in [0.3, 0.4) is 0 Å². The van der Waals surface area contributed by atoms with E-state index in [2.05, 4.69) is 5.32 Å². The molecule has 2 atom stereocenters. The van der Waals surface area contributed by atoms with E-state index < -0.39 is 30.1 Å². The Morgan fingerprint density at radius 1 is 0.971 bits per heavy atom. The summed E-state index contributed by atoms with van der Waals surface area (Å²) in [5, 5.41) is 32.1. The molecule has 1 aliphatic rings. The zero-order valence-electron chi connectivity index (χ0n) is 18.9. The zero-order valence-corrected chi connectivity index (χ0v) is 18.9. The fourth-order valence-corrected chi connectivity index (χ4v) is 4.44. The van der Waals surface area contributed by atoms with Gasteiger partial charge in [-0.2, -0.15) is 0 Å². The smallest absolute Gasteiger partial charge is 0.407 e. The molecule has 3 aromatic carbocycles. The van der Waals surface area contributed by atoms with E-state index in [9.17, 15) is 24.2 Å². The van der Waals surface area contributed by atoms with Gasteiger partial charge in [-0.1, -0.05) is 54.6 Å². The minimum atomic E-state index is -1.58. The van der Waals surface area contributed by atoms with Crippen molar-refractivity contribution in [3.63, 3.8) is 0 Å². The first-order valence-corrected chi connectivity index (χ1v) is 11.3. The lowest BCUT2D eigenvalue weighted by atomic mass is 9.98. The average Bonchev–Trinajstić information content (AvgIpc) is 3.17. The normalized spacial score (nSPS) is 14.0. The van der Waals surface area contributed by atoms with Crippen LogP contribution in [0, 0.1) is 5.82 Å². The molecule has 0 saturated carbocycles. The van der Waals surface area contributed by atoms with Crippen LogP contribution in [0.2, 0.25) is 0 Å². The quantitative estimate of drug-likeness (QED) is 0.371. The van der Waals surface area contributed by atoms with Crippen molar-refractivity contribution in [1.29, 1.82) is 0 Å². The van der Waals surface area contributed by atoms with Gasteiger partial charge in [-0.15, -0.1) is 0 Å². The van der Waals surface area contributed by atoms with Crippen LogP contribution in [0.5, 0.6) is 0 Å². The predicted octanol–water partition coefficient (Wildman–Crippen LogP) is 3.78.